The summed E-state index contributed by atoms with van der Waals surface area (Å²) in [4.78, 5) is 50.7. The smallest absolute Gasteiger partial charge is 0.342 e. The molecule has 3 aliphatic heterocycles. The molecule has 4 atom stereocenters. The van der Waals surface area contributed by atoms with Crippen LogP contribution in [0.1, 0.15) is 10.8 Å². The van der Waals surface area contributed by atoms with E-state index in [9.17, 15) is 46.8 Å². The molecule has 200 valence electrons. The number of nitrogens with zero attached hydrogens (tertiary/aromatic N) is 4. The van der Waals surface area contributed by atoms with Crippen molar-refractivity contribution in [2.24, 2.45) is 16.6 Å². The second kappa shape index (κ2) is 8.92. The molecule has 4 rings (SSSR count). The van der Waals surface area contributed by atoms with E-state index in [1.807, 2.05) is 0 Å². The average molecular weight is 562 g/mol. The first-order valence-corrected chi connectivity index (χ1v) is 12.7. The SMILES string of the molecule is NC(N)=NN1CCN([C@]2(C(=O)O)CN3C(=O)[C@@H](NC(=O)[C@@H](c4ccc(O)cc4F)S(=O)(=O)O)[C@H]3S2)C1=O. The number of phenols is 1. The van der Waals surface area contributed by atoms with Gasteiger partial charge in [-0.15, -0.1) is 5.10 Å². The Hall–Kier alpha value is -3.84. The first-order valence-electron chi connectivity index (χ1n) is 10.3. The Morgan fingerprint density at radius 2 is 1.95 bits per heavy atom. The first-order chi connectivity index (χ1) is 17.2. The number of nitrogens with one attached hydrogen (secondary N) is 1. The number of carboxylic acid groups (broad SMARTS) is 1. The topological polar surface area (TPSA) is 249 Å². The van der Waals surface area contributed by atoms with Crippen LogP contribution in [0.3, 0.4) is 0 Å². The maximum atomic E-state index is 14.3. The lowest BCUT2D eigenvalue weighted by atomic mass is 10.0. The molecule has 0 saturated carbocycles. The number of halogens is 1. The predicted molar refractivity (Wildman–Crippen MR) is 122 cm³/mol. The van der Waals surface area contributed by atoms with Gasteiger partial charge in [-0.1, -0.05) is 17.8 Å². The number of urea groups is 1. The molecule has 19 heteroatoms. The quantitative estimate of drug-likeness (QED) is 0.0880. The third-order valence-corrected chi connectivity index (χ3v) is 8.68. The lowest BCUT2D eigenvalue weighted by molar-refractivity contribution is -0.151. The number of nitrogens with two attached hydrogens (primary N) is 2. The van der Waals surface area contributed by atoms with Gasteiger partial charge in [-0.05, 0) is 6.07 Å². The van der Waals surface area contributed by atoms with E-state index in [0.717, 1.165) is 26.9 Å². The van der Waals surface area contributed by atoms with Crippen LogP contribution in [0.5, 0.6) is 5.75 Å². The van der Waals surface area contributed by atoms with Gasteiger partial charge in [0.15, 0.2) is 5.25 Å². The van der Waals surface area contributed by atoms with Crippen molar-refractivity contribution in [3.8, 4) is 5.75 Å². The molecule has 0 radical (unpaired) electrons. The van der Waals surface area contributed by atoms with Gasteiger partial charge in [-0.3, -0.25) is 19.0 Å². The van der Waals surface area contributed by atoms with Gasteiger partial charge in [0.1, 0.15) is 23.0 Å². The van der Waals surface area contributed by atoms with Crippen LogP contribution < -0.4 is 16.8 Å². The molecular weight excluding hydrogens is 541 g/mol. The largest absolute Gasteiger partial charge is 0.508 e. The minimum absolute atomic E-state index is 0.0423. The Kier molecular flexibility index (Phi) is 6.32. The van der Waals surface area contributed by atoms with Crippen LogP contribution in [0, 0.1) is 5.82 Å². The van der Waals surface area contributed by atoms with Crippen LogP contribution in [-0.4, -0.2) is 104 Å². The molecule has 0 aliphatic carbocycles. The van der Waals surface area contributed by atoms with Crippen LogP contribution in [0.25, 0.3) is 0 Å². The van der Waals surface area contributed by atoms with Crippen LogP contribution in [0.4, 0.5) is 9.18 Å². The number of hydrazone groups is 1. The number of carboxylic acids is 1. The Bertz CT molecular complexity index is 1340. The summed E-state index contributed by atoms with van der Waals surface area (Å²) >= 11 is 0.651. The maximum absolute atomic E-state index is 14.3. The van der Waals surface area contributed by atoms with E-state index in [0.29, 0.717) is 17.8 Å². The number of hydrogen-bond donors (Lipinski definition) is 6. The lowest BCUT2D eigenvalue weighted by Gasteiger charge is -2.41. The van der Waals surface area contributed by atoms with E-state index in [-0.39, 0.29) is 13.1 Å². The number of amides is 4. The van der Waals surface area contributed by atoms with Crippen LogP contribution in [0.15, 0.2) is 23.3 Å². The predicted octanol–water partition coefficient (Wildman–Crippen LogP) is -2.43. The number of fused-ring (bicyclic) bond motifs is 1. The standard InChI is InChI=1S/C18H20FN7O9S2/c19-9-5-7(27)1-2-8(9)11(37(33,34)35)12(28)22-10-13(29)24-6-18(15(30)31,36-14(10)24)25-3-4-26(17(25)32)23-16(20)21/h1-2,5,10-11,14,27H,3-4,6H2,(H,22,28)(H,30,31)(H4,20,21,23)(H,33,34,35)/t10-,11-,14-,18-/m1/s1. The van der Waals surface area contributed by atoms with Crippen molar-refractivity contribution in [1.82, 2.24) is 20.1 Å². The van der Waals surface area contributed by atoms with Crippen molar-refractivity contribution in [2.45, 2.75) is 21.5 Å². The number of thioether (sulfide) groups is 1. The number of rotatable bonds is 7. The third-order valence-electron chi connectivity index (χ3n) is 5.94. The number of carbonyl (C=O) groups is 4. The Morgan fingerprint density at radius 3 is 2.51 bits per heavy atom. The van der Waals surface area contributed by atoms with Gasteiger partial charge < -0.3 is 31.9 Å². The highest BCUT2D eigenvalue weighted by Crippen LogP contribution is 2.49. The molecule has 3 fully saturated rings. The van der Waals surface area contributed by atoms with Gasteiger partial charge in [-0.2, -0.15) is 8.42 Å². The summed E-state index contributed by atoms with van der Waals surface area (Å²) in [6.45, 7) is -0.608. The number of hydrogen-bond acceptors (Lipinski definition) is 9. The molecule has 0 spiro atoms. The summed E-state index contributed by atoms with van der Waals surface area (Å²) in [5.74, 6) is -6.03. The number of phenolic OH excluding ortho intramolecular Hbond substituents is 1. The zero-order chi connectivity index (χ0) is 27.4. The van der Waals surface area contributed by atoms with Gasteiger partial charge in [0.2, 0.25) is 22.6 Å². The molecule has 4 amide bonds. The molecule has 8 N–H and O–H groups in total. The van der Waals surface area contributed by atoms with E-state index >= 15 is 0 Å². The Morgan fingerprint density at radius 1 is 1.27 bits per heavy atom. The Balaban J connectivity index is 1.57. The second-order valence-corrected chi connectivity index (χ2v) is 11.1. The van der Waals surface area contributed by atoms with E-state index in [4.69, 9.17) is 11.5 Å². The van der Waals surface area contributed by atoms with Gasteiger partial charge >= 0.3 is 12.0 Å². The lowest BCUT2D eigenvalue weighted by Crippen LogP contribution is -2.68. The Labute approximate surface area is 211 Å². The van der Waals surface area contributed by atoms with Gasteiger partial charge in [0, 0.05) is 18.2 Å². The summed E-state index contributed by atoms with van der Waals surface area (Å²) in [7, 11) is -5.25. The number of aliphatic carboxylic acids is 1. The maximum Gasteiger partial charge on any atom is 0.342 e. The van der Waals surface area contributed by atoms with Crippen molar-refractivity contribution in [2.75, 3.05) is 19.6 Å². The summed E-state index contributed by atoms with van der Waals surface area (Å²) in [6.07, 6.45) is 0. The fraction of sp³-hybridized carbons (Fsp3) is 0.389. The minimum Gasteiger partial charge on any atom is -0.508 e. The molecule has 3 heterocycles. The van der Waals surface area contributed by atoms with Gasteiger partial charge in [-0.25, -0.2) is 19.0 Å². The molecule has 16 nitrogen and oxygen atoms in total. The van der Waals surface area contributed by atoms with Crippen molar-refractivity contribution in [3.05, 3.63) is 29.6 Å². The van der Waals surface area contributed by atoms with Crippen molar-refractivity contribution < 1.29 is 46.8 Å². The molecule has 37 heavy (non-hydrogen) atoms. The van der Waals surface area contributed by atoms with Crippen LogP contribution in [0.2, 0.25) is 0 Å². The zero-order valence-corrected chi connectivity index (χ0v) is 20.1. The number of guanidine groups is 1. The number of aromatic hydroxyl groups is 1. The molecule has 0 bridgehead atoms. The van der Waals surface area contributed by atoms with E-state index in [1.54, 1.807) is 0 Å². The zero-order valence-electron chi connectivity index (χ0n) is 18.5. The van der Waals surface area contributed by atoms with Crippen LogP contribution in [-0.2, 0) is 24.5 Å². The fourth-order valence-electron chi connectivity index (χ4n) is 4.29. The normalized spacial score (nSPS) is 25.9. The highest BCUT2D eigenvalue weighted by Gasteiger charge is 2.66. The molecule has 1 aromatic rings. The molecule has 3 aliphatic rings. The third kappa shape index (κ3) is 4.33. The summed E-state index contributed by atoms with van der Waals surface area (Å²) < 4.78 is 47.7. The van der Waals surface area contributed by atoms with E-state index < -0.39 is 85.1 Å². The second-order valence-electron chi connectivity index (χ2n) is 8.23. The summed E-state index contributed by atoms with van der Waals surface area (Å²) in [6, 6.07) is -0.0855. The van der Waals surface area contributed by atoms with E-state index in [2.05, 4.69) is 10.4 Å². The molecule has 1 aromatic carbocycles. The molecule has 0 aromatic heterocycles. The summed E-state index contributed by atoms with van der Waals surface area (Å²) in [5.41, 5.74) is 9.77. The van der Waals surface area contributed by atoms with E-state index in [1.165, 1.54) is 0 Å². The number of β-lactam (4-membered cyclic amide) rings is 1. The highest BCUT2D eigenvalue weighted by molar-refractivity contribution is 8.02. The summed E-state index contributed by atoms with van der Waals surface area (Å²) in [5, 5.41) is 22.4. The van der Waals surface area contributed by atoms with Crippen molar-refractivity contribution in [3.63, 3.8) is 0 Å². The average Bonchev–Trinajstić information content (AvgIpc) is 3.32. The fourth-order valence-corrected chi connectivity index (χ4v) is 6.78. The molecule has 0 unspecified atom stereocenters. The van der Waals surface area contributed by atoms with Gasteiger partial charge in [0.25, 0.3) is 10.1 Å². The van der Waals surface area contributed by atoms with Crippen molar-refractivity contribution in [1.29, 1.82) is 0 Å². The first kappa shape index (κ1) is 26.2. The molecule has 3 saturated heterocycles. The number of carbonyl (C=O) groups excluding carboxylic acids is 3. The highest BCUT2D eigenvalue weighted by atomic mass is 32.2. The number of benzene rings is 1. The minimum atomic E-state index is -5.25. The van der Waals surface area contributed by atoms with Crippen molar-refractivity contribution >= 4 is 51.7 Å². The molecular formula is C18H20FN7O9S2. The van der Waals surface area contributed by atoms with Crippen LogP contribution >= 0.6 is 11.8 Å². The van der Waals surface area contributed by atoms with Gasteiger partial charge in [0.05, 0.1) is 13.1 Å². The monoisotopic (exact) mass is 561 g/mol.